The van der Waals surface area contributed by atoms with Gasteiger partial charge in [-0.2, -0.15) is 0 Å². The number of fused-ring (bicyclic) bond motifs is 1. The van der Waals surface area contributed by atoms with Gasteiger partial charge in [-0.3, -0.25) is 9.35 Å². The number of hydrogen-bond acceptors (Lipinski definition) is 5. The van der Waals surface area contributed by atoms with E-state index in [0.717, 1.165) is 4.31 Å². The molecule has 8 heteroatoms. The molecule has 0 spiro atoms. The smallest absolute Gasteiger partial charge is 0.265 e. The van der Waals surface area contributed by atoms with Crippen LogP contribution in [0.3, 0.4) is 0 Å². The van der Waals surface area contributed by atoms with E-state index in [2.05, 4.69) is 15.3 Å². The molecule has 74 valence electrons. The fourth-order valence-electron chi connectivity index (χ4n) is 1.21. The molecule has 14 heavy (non-hydrogen) atoms. The van der Waals surface area contributed by atoms with E-state index in [1.54, 1.807) is 0 Å². The predicted molar refractivity (Wildman–Crippen MR) is 48.8 cm³/mol. The molecule has 0 bridgehead atoms. The Morgan fingerprint density at radius 1 is 1.71 bits per heavy atom. The van der Waals surface area contributed by atoms with Gasteiger partial charge in [-0.15, -0.1) is 0 Å². The van der Waals surface area contributed by atoms with Gasteiger partial charge in [-0.05, 0) is 0 Å². The summed E-state index contributed by atoms with van der Waals surface area (Å²) in [6.07, 6.45) is 2.34. The lowest BCUT2D eigenvalue weighted by molar-refractivity contribution is -0.108. The summed E-state index contributed by atoms with van der Waals surface area (Å²) in [5.41, 5.74) is 0.465. The van der Waals surface area contributed by atoms with E-state index < -0.39 is 17.4 Å². The van der Waals surface area contributed by atoms with Crippen LogP contribution in [-0.2, 0) is 16.1 Å². The molecule has 0 fully saturated rings. The molecule has 2 unspecified atom stereocenters. The molecule has 2 N–H and O–H groups in total. The third-order valence-corrected chi connectivity index (χ3v) is 2.49. The van der Waals surface area contributed by atoms with Crippen LogP contribution in [0, 0.1) is 0 Å². The highest BCUT2D eigenvalue weighted by Gasteiger charge is 2.33. The monoisotopic (exact) mass is 214 g/mol. The number of anilines is 2. The van der Waals surface area contributed by atoms with Crippen molar-refractivity contribution in [1.29, 1.82) is 0 Å². The summed E-state index contributed by atoms with van der Waals surface area (Å²) in [5.74, 6) is 0.248. The fourth-order valence-corrected chi connectivity index (χ4v) is 1.80. The van der Waals surface area contributed by atoms with Crippen molar-refractivity contribution in [3.63, 3.8) is 0 Å². The standard InChI is InChI=1S/C6H6N4O3S/c11-2-5-9-4-1-7-3-8-6(4)10(5)14(12)13/h1-3,5,9H,(H,12,13). The summed E-state index contributed by atoms with van der Waals surface area (Å²) in [7, 11) is 0. The summed E-state index contributed by atoms with van der Waals surface area (Å²) < 4.78 is 20.8. The van der Waals surface area contributed by atoms with Crippen LogP contribution in [0.15, 0.2) is 12.5 Å². The van der Waals surface area contributed by atoms with Gasteiger partial charge in [0.25, 0.3) is 11.3 Å². The van der Waals surface area contributed by atoms with Crippen molar-refractivity contribution < 1.29 is 13.6 Å². The van der Waals surface area contributed by atoms with E-state index in [1.165, 1.54) is 12.5 Å². The van der Waals surface area contributed by atoms with Crippen LogP contribution in [-0.4, -0.2) is 31.2 Å². The molecule has 0 amide bonds. The van der Waals surface area contributed by atoms with Gasteiger partial charge in [0.05, 0.1) is 11.9 Å². The van der Waals surface area contributed by atoms with Crippen LogP contribution in [0.25, 0.3) is 0 Å². The Morgan fingerprint density at radius 3 is 3.14 bits per heavy atom. The Morgan fingerprint density at radius 2 is 2.50 bits per heavy atom. The maximum Gasteiger partial charge on any atom is 0.265 e. The molecule has 2 heterocycles. The first-order valence-corrected chi connectivity index (χ1v) is 4.72. The van der Waals surface area contributed by atoms with Gasteiger partial charge in [-0.1, -0.05) is 0 Å². The molecule has 2 rings (SSSR count). The van der Waals surface area contributed by atoms with Crippen LogP contribution >= 0.6 is 0 Å². The topological polar surface area (TPSA) is 95.4 Å². The number of rotatable bonds is 2. The number of nitrogens with zero attached hydrogens (tertiary/aromatic N) is 3. The molecule has 0 aromatic carbocycles. The molecule has 1 aromatic heterocycles. The molecule has 0 saturated carbocycles. The molecule has 2 atom stereocenters. The first-order valence-electron chi connectivity index (χ1n) is 3.66. The highest BCUT2D eigenvalue weighted by atomic mass is 32.2. The Kier molecular flexibility index (Phi) is 2.14. The quantitative estimate of drug-likeness (QED) is 0.502. The highest BCUT2D eigenvalue weighted by molar-refractivity contribution is 7.80. The van der Waals surface area contributed by atoms with E-state index in [4.69, 9.17) is 4.55 Å². The van der Waals surface area contributed by atoms with Crippen molar-refractivity contribution in [1.82, 2.24) is 9.97 Å². The SMILES string of the molecule is O=CC1Nc2cncnc2N1S(=O)O. The Balaban J connectivity index is 2.47. The van der Waals surface area contributed by atoms with Gasteiger partial charge in [0.15, 0.2) is 18.3 Å². The van der Waals surface area contributed by atoms with Crippen molar-refractivity contribution in [3.05, 3.63) is 12.5 Å². The summed E-state index contributed by atoms with van der Waals surface area (Å²) >= 11 is -2.28. The van der Waals surface area contributed by atoms with Gasteiger partial charge < -0.3 is 5.32 Å². The highest BCUT2D eigenvalue weighted by Crippen LogP contribution is 2.30. The lowest BCUT2D eigenvalue weighted by Crippen LogP contribution is -2.38. The van der Waals surface area contributed by atoms with E-state index in [-0.39, 0.29) is 5.82 Å². The van der Waals surface area contributed by atoms with Crippen molar-refractivity contribution >= 4 is 29.1 Å². The maximum atomic E-state index is 10.9. The average Bonchev–Trinajstić information content (AvgIpc) is 2.55. The van der Waals surface area contributed by atoms with Crippen LogP contribution < -0.4 is 9.62 Å². The van der Waals surface area contributed by atoms with Crippen molar-refractivity contribution in [3.8, 4) is 0 Å². The lowest BCUT2D eigenvalue weighted by Gasteiger charge is -2.15. The summed E-state index contributed by atoms with van der Waals surface area (Å²) in [4.78, 5) is 18.1. The second-order valence-electron chi connectivity index (χ2n) is 2.54. The summed E-state index contributed by atoms with van der Waals surface area (Å²) in [6.45, 7) is 0. The summed E-state index contributed by atoms with van der Waals surface area (Å²) in [5, 5.41) is 2.70. The largest absolute Gasteiger partial charge is 0.354 e. The van der Waals surface area contributed by atoms with E-state index in [1.807, 2.05) is 0 Å². The first kappa shape index (κ1) is 9.03. The number of aldehydes is 1. The molecular weight excluding hydrogens is 208 g/mol. The van der Waals surface area contributed by atoms with Crippen LogP contribution in [0.5, 0.6) is 0 Å². The average molecular weight is 214 g/mol. The number of nitrogens with one attached hydrogen (secondary N) is 1. The molecule has 0 aliphatic carbocycles. The minimum atomic E-state index is -2.28. The second-order valence-corrected chi connectivity index (χ2v) is 3.40. The summed E-state index contributed by atoms with van der Waals surface area (Å²) in [6, 6.07) is 0. The fraction of sp³-hybridized carbons (Fsp3) is 0.167. The number of carbonyl (C=O) groups is 1. The van der Waals surface area contributed by atoms with Gasteiger partial charge in [0, 0.05) is 0 Å². The van der Waals surface area contributed by atoms with E-state index in [0.29, 0.717) is 12.0 Å². The zero-order chi connectivity index (χ0) is 10.1. The van der Waals surface area contributed by atoms with Gasteiger partial charge in [0.2, 0.25) is 0 Å². The van der Waals surface area contributed by atoms with E-state index >= 15 is 0 Å². The lowest BCUT2D eigenvalue weighted by atomic mass is 10.5. The zero-order valence-electron chi connectivity index (χ0n) is 6.82. The maximum absolute atomic E-state index is 10.9. The molecule has 0 saturated heterocycles. The van der Waals surface area contributed by atoms with Gasteiger partial charge >= 0.3 is 0 Å². The predicted octanol–water partition coefficient (Wildman–Crippen LogP) is -0.630. The molecule has 7 nitrogen and oxygen atoms in total. The third-order valence-electron chi connectivity index (χ3n) is 1.75. The number of carbonyl (C=O) groups excluding carboxylic acids is 1. The Hall–Kier alpha value is -1.54. The Labute approximate surface area is 81.6 Å². The molecule has 1 aliphatic rings. The van der Waals surface area contributed by atoms with Gasteiger partial charge in [0.1, 0.15) is 6.33 Å². The minimum Gasteiger partial charge on any atom is -0.354 e. The van der Waals surface area contributed by atoms with Crippen LogP contribution in [0.4, 0.5) is 11.5 Å². The normalized spacial score (nSPS) is 21.2. The zero-order valence-corrected chi connectivity index (χ0v) is 7.64. The van der Waals surface area contributed by atoms with Crippen molar-refractivity contribution in [2.24, 2.45) is 0 Å². The van der Waals surface area contributed by atoms with Crippen molar-refractivity contribution in [2.45, 2.75) is 6.17 Å². The third kappa shape index (κ3) is 1.24. The van der Waals surface area contributed by atoms with Crippen LogP contribution in [0.2, 0.25) is 0 Å². The Bertz CT molecular complexity index is 398. The molecule has 1 aromatic rings. The second kappa shape index (κ2) is 3.31. The minimum absolute atomic E-state index is 0.248. The van der Waals surface area contributed by atoms with Crippen molar-refractivity contribution in [2.75, 3.05) is 9.62 Å². The number of aromatic nitrogens is 2. The molecular formula is C6H6N4O3S. The van der Waals surface area contributed by atoms with Crippen LogP contribution in [0.1, 0.15) is 0 Å². The first-order chi connectivity index (χ1) is 6.74. The molecule has 1 aliphatic heterocycles. The molecule has 0 radical (unpaired) electrons. The van der Waals surface area contributed by atoms with E-state index in [9.17, 15) is 9.00 Å². The number of hydrogen-bond donors (Lipinski definition) is 2. The van der Waals surface area contributed by atoms with Gasteiger partial charge in [-0.25, -0.2) is 18.5 Å².